The van der Waals surface area contributed by atoms with Crippen LogP contribution in [0.1, 0.15) is 23.7 Å². The topological polar surface area (TPSA) is 87.6 Å². The van der Waals surface area contributed by atoms with Crippen LogP contribution in [0.15, 0.2) is 29.3 Å². The lowest BCUT2D eigenvalue weighted by Crippen LogP contribution is -2.23. The number of carbonyl (C=O) groups is 1. The van der Waals surface area contributed by atoms with Gasteiger partial charge in [0.25, 0.3) is 5.91 Å². The highest BCUT2D eigenvalue weighted by Gasteiger charge is 2.42. The molecule has 2 heterocycles. The van der Waals surface area contributed by atoms with Crippen molar-refractivity contribution in [3.63, 3.8) is 0 Å². The van der Waals surface area contributed by atoms with E-state index in [0.29, 0.717) is 12.1 Å². The maximum atomic E-state index is 11.8. The molecule has 2 N–H and O–H groups in total. The fourth-order valence-corrected chi connectivity index (χ4v) is 6.26. The molecule has 0 aromatic heterocycles. The lowest BCUT2D eigenvalue weighted by Gasteiger charge is -2.08. The number of amidine groups is 1. The van der Waals surface area contributed by atoms with Gasteiger partial charge in [0.2, 0.25) is 0 Å². The predicted molar refractivity (Wildman–Crippen MR) is 93.9 cm³/mol. The van der Waals surface area contributed by atoms with Crippen LogP contribution in [0.2, 0.25) is 0 Å². The minimum atomic E-state index is -2.92. The summed E-state index contributed by atoms with van der Waals surface area (Å²) in [6.07, 6.45) is 0.903. The third kappa shape index (κ3) is 3.87. The second-order valence-corrected chi connectivity index (χ2v) is 9.07. The van der Waals surface area contributed by atoms with Crippen LogP contribution in [-0.2, 0) is 9.84 Å². The Kier molecular flexibility index (Phi) is 4.63. The van der Waals surface area contributed by atoms with Gasteiger partial charge in [0.05, 0.1) is 17.5 Å². The van der Waals surface area contributed by atoms with Gasteiger partial charge in [-0.15, -0.1) is 0 Å². The lowest BCUT2D eigenvalue weighted by molar-refractivity contribution is 0.0953. The Balaban J connectivity index is 1.60. The second kappa shape index (κ2) is 6.52. The number of fused-ring (bicyclic) bond motifs is 1. The number of benzene rings is 1. The van der Waals surface area contributed by atoms with Crippen molar-refractivity contribution in [3.05, 3.63) is 29.8 Å². The average Bonchev–Trinajstić information content (AvgIpc) is 2.98. The van der Waals surface area contributed by atoms with E-state index in [-0.39, 0.29) is 28.7 Å². The highest BCUT2D eigenvalue weighted by Crippen LogP contribution is 2.34. The van der Waals surface area contributed by atoms with Gasteiger partial charge in [-0.2, -0.15) is 0 Å². The molecule has 1 aromatic carbocycles. The molecule has 0 unspecified atom stereocenters. The number of rotatable bonds is 4. The van der Waals surface area contributed by atoms with Gasteiger partial charge in [-0.05, 0) is 30.7 Å². The first-order valence-electron chi connectivity index (χ1n) is 7.57. The first kappa shape index (κ1) is 16.3. The van der Waals surface area contributed by atoms with Gasteiger partial charge in [0, 0.05) is 23.0 Å². The summed E-state index contributed by atoms with van der Waals surface area (Å²) >= 11 is 1.48. The molecule has 2 atom stereocenters. The molecule has 8 heteroatoms. The molecule has 0 saturated carbocycles. The molecule has 23 heavy (non-hydrogen) atoms. The van der Waals surface area contributed by atoms with Crippen LogP contribution in [0, 0.1) is 0 Å². The highest BCUT2D eigenvalue weighted by atomic mass is 32.2. The van der Waals surface area contributed by atoms with Crippen molar-refractivity contribution in [3.8, 4) is 0 Å². The van der Waals surface area contributed by atoms with Crippen LogP contribution >= 0.6 is 11.8 Å². The average molecular weight is 353 g/mol. The Morgan fingerprint density at radius 3 is 2.70 bits per heavy atom. The van der Waals surface area contributed by atoms with Gasteiger partial charge in [0.1, 0.15) is 0 Å². The van der Waals surface area contributed by atoms with Crippen molar-refractivity contribution in [1.82, 2.24) is 5.32 Å². The summed E-state index contributed by atoms with van der Waals surface area (Å²) in [6.45, 7) is 2.67. The number of hydrogen-bond donors (Lipinski definition) is 2. The fourth-order valence-electron chi connectivity index (χ4n) is 2.59. The molecule has 2 aliphatic rings. The SMILES string of the molecule is CCCNC(=O)c1ccc(NC2=N[C@H]3CS(=O)(=O)C[C@@H]3S2)cc1. The molecule has 1 amide bonds. The Morgan fingerprint density at radius 1 is 1.30 bits per heavy atom. The van der Waals surface area contributed by atoms with Crippen molar-refractivity contribution in [2.45, 2.75) is 24.6 Å². The molecular formula is C15H19N3O3S2. The van der Waals surface area contributed by atoms with Gasteiger partial charge in [0.15, 0.2) is 15.0 Å². The number of nitrogens with one attached hydrogen (secondary N) is 2. The zero-order valence-electron chi connectivity index (χ0n) is 12.8. The largest absolute Gasteiger partial charge is 0.352 e. The van der Waals surface area contributed by atoms with E-state index < -0.39 is 9.84 Å². The molecule has 6 nitrogen and oxygen atoms in total. The van der Waals surface area contributed by atoms with Gasteiger partial charge < -0.3 is 10.6 Å². The molecule has 124 valence electrons. The van der Waals surface area contributed by atoms with Crippen LogP contribution in [0.25, 0.3) is 0 Å². The summed E-state index contributed by atoms with van der Waals surface area (Å²) in [7, 11) is -2.92. The minimum Gasteiger partial charge on any atom is -0.352 e. The number of nitrogens with zero attached hydrogens (tertiary/aromatic N) is 1. The normalized spacial score (nSPS) is 24.8. The number of sulfone groups is 1. The van der Waals surface area contributed by atoms with Crippen molar-refractivity contribution in [2.75, 3.05) is 23.4 Å². The summed E-state index contributed by atoms with van der Waals surface area (Å²) in [4.78, 5) is 16.3. The van der Waals surface area contributed by atoms with E-state index in [9.17, 15) is 13.2 Å². The van der Waals surface area contributed by atoms with Crippen LogP contribution in [0.3, 0.4) is 0 Å². The minimum absolute atomic E-state index is 0.0293. The number of aliphatic imine (C=N–C) groups is 1. The second-order valence-electron chi connectivity index (χ2n) is 5.69. The summed E-state index contributed by atoms with van der Waals surface area (Å²) in [6, 6.07) is 7.05. The summed E-state index contributed by atoms with van der Waals surface area (Å²) < 4.78 is 23.1. The molecule has 0 radical (unpaired) electrons. The monoisotopic (exact) mass is 353 g/mol. The zero-order valence-corrected chi connectivity index (χ0v) is 14.4. The number of thioether (sulfide) groups is 1. The maximum absolute atomic E-state index is 11.8. The Morgan fingerprint density at radius 2 is 2.04 bits per heavy atom. The van der Waals surface area contributed by atoms with E-state index in [0.717, 1.165) is 17.3 Å². The molecule has 0 spiro atoms. The Bertz CT molecular complexity index is 729. The van der Waals surface area contributed by atoms with Crippen molar-refractivity contribution in [2.24, 2.45) is 4.99 Å². The van der Waals surface area contributed by atoms with E-state index in [1.807, 2.05) is 19.1 Å². The third-order valence-corrected chi connectivity index (χ3v) is 6.89. The first-order valence-corrected chi connectivity index (χ1v) is 10.3. The van der Waals surface area contributed by atoms with Crippen molar-refractivity contribution >= 4 is 38.4 Å². The highest BCUT2D eigenvalue weighted by molar-refractivity contribution is 8.15. The first-order chi connectivity index (χ1) is 11.0. The fraction of sp³-hybridized carbons (Fsp3) is 0.467. The van der Waals surface area contributed by atoms with Crippen LogP contribution in [0.5, 0.6) is 0 Å². The van der Waals surface area contributed by atoms with Gasteiger partial charge in [-0.25, -0.2) is 8.42 Å². The van der Waals surface area contributed by atoms with Crippen molar-refractivity contribution < 1.29 is 13.2 Å². The van der Waals surface area contributed by atoms with E-state index >= 15 is 0 Å². The molecule has 1 aromatic rings. The van der Waals surface area contributed by atoms with Gasteiger partial charge in [-0.1, -0.05) is 18.7 Å². The standard InChI is InChI=1S/C15H19N3O3S2/c1-2-7-16-14(19)10-3-5-11(6-4-10)17-15-18-12-8-23(20,21)9-13(12)22-15/h3-6,12-13H,2,7-9H2,1H3,(H,16,19)(H,17,18)/t12-,13-/m0/s1. The predicted octanol–water partition coefficient (Wildman–Crippen LogP) is 1.51. The molecule has 1 saturated heterocycles. The van der Waals surface area contributed by atoms with Gasteiger partial charge >= 0.3 is 0 Å². The number of amides is 1. The van der Waals surface area contributed by atoms with Crippen LogP contribution < -0.4 is 10.6 Å². The molecule has 0 bridgehead atoms. The zero-order chi connectivity index (χ0) is 16.4. The maximum Gasteiger partial charge on any atom is 0.251 e. The lowest BCUT2D eigenvalue weighted by atomic mass is 10.2. The van der Waals surface area contributed by atoms with E-state index in [4.69, 9.17) is 0 Å². The van der Waals surface area contributed by atoms with Gasteiger partial charge in [-0.3, -0.25) is 9.79 Å². The van der Waals surface area contributed by atoms with E-state index in [2.05, 4.69) is 15.6 Å². The van der Waals surface area contributed by atoms with E-state index in [1.165, 1.54) is 11.8 Å². The summed E-state index contributed by atoms with van der Waals surface area (Å²) in [5, 5.41) is 6.80. The Labute approximate surface area is 140 Å². The molecular weight excluding hydrogens is 334 g/mol. The third-order valence-electron chi connectivity index (χ3n) is 3.75. The quantitative estimate of drug-likeness (QED) is 0.857. The number of carbonyl (C=O) groups excluding carboxylic acids is 1. The molecule has 3 rings (SSSR count). The molecule has 1 fully saturated rings. The summed E-state index contributed by atoms with van der Waals surface area (Å²) in [5.74, 6) is 0.269. The number of hydrogen-bond acceptors (Lipinski definition) is 6. The van der Waals surface area contributed by atoms with E-state index in [1.54, 1.807) is 12.1 Å². The van der Waals surface area contributed by atoms with Crippen LogP contribution in [0.4, 0.5) is 5.69 Å². The van der Waals surface area contributed by atoms with Crippen molar-refractivity contribution in [1.29, 1.82) is 0 Å². The molecule has 0 aliphatic carbocycles. The summed E-state index contributed by atoms with van der Waals surface area (Å²) in [5.41, 5.74) is 1.46. The Hall–Kier alpha value is -1.54. The van der Waals surface area contributed by atoms with Crippen LogP contribution in [-0.4, -0.2) is 48.8 Å². The number of anilines is 1. The smallest absolute Gasteiger partial charge is 0.251 e. The molecule has 2 aliphatic heterocycles.